The normalized spacial score (nSPS) is 12.1. The van der Waals surface area contributed by atoms with Crippen LogP contribution in [0.1, 0.15) is 26.0 Å². The van der Waals surface area contributed by atoms with Crippen LogP contribution in [-0.4, -0.2) is 27.7 Å². The Hall–Kier alpha value is -1.65. The van der Waals surface area contributed by atoms with Crippen LogP contribution in [0.3, 0.4) is 0 Å². The van der Waals surface area contributed by atoms with Gasteiger partial charge < -0.3 is 10.3 Å². The van der Waals surface area contributed by atoms with Crippen LogP contribution >= 0.6 is 0 Å². The number of hydrogen-bond acceptors (Lipinski definition) is 3. The van der Waals surface area contributed by atoms with Crippen molar-refractivity contribution in [2.24, 2.45) is 0 Å². The summed E-state index contributed by atoms with van der Waals surface area (Å²) in [5.41, 5.74) is 0.839. The van der Waals surface area contributed by atoms with Crippen molar-refractivity contribution in [3.05, 3.63) is 18.2 Å². The average molecular weight is 209 g/mol. The molecular formula is C10H15N3O2. The monoisotopic (exact) mass is 209 g/mol. The molecule has 5 heteroatoms. The summed E-state index contributed by atoms with van der Waals surface area (Å²) < 4.78 is 0. The number of carbonyl (C=O) groups excluding carboxylic acids is 2. The van der Waals surface area contributed by atoms with E-state index in [0.717, 1.165) is 5.69 Å². The van der Waals surface area contributed by atoms with Gasteiger partial charge in [0.1, 0.15) is 0 Å². The maximum Gasteiger partial charge on any atom is 0.220 e. The smallest absolute Gasteiger partial charge is 0.220 e. The predicted molar refractivity (Wildman–Crippen MR) is 55.2 cm³/mol. The largest absolute Gasteiger partial charge is 0.348 e. The molecule has 1 amide bonds. The number of amides is 1. The topological polar surface area (TPSA) is 74.8 Å². The lowest BCUT2D eigenvalue weighted by atomic mass is 10.1. The Morgan fingerprint density at radius 2 is 2.33 bits per heavy atom. The number of nitrogens with one attached hydrogen (secondary N) is 2. The van der Waals surface area contributed by atoms with Crippen LogP contribution in [0.4, 0.5) is 0 Å². The summed E-state index contributed by atoms with van der Waals surface area (Å²) in [4.78, 5) is 29.2. The van der Waals surface area contributed by atoms with Crippen LogP contribution in [0.2, 0.25) is 0 Å². The van der Waals surface area contributed by atoms with Gasteiger partial charge in [0.25, 0.3) is 0 Å². The second-order valence-corrected chi connectivity index (χ2v) is 3.37. The van der Waals surface area contributed by atoms with Crippen LogP contribution < -0.4 is 5.32 Å². The van der Waals surface area contributed by atoms with Gasteiger partial charge in [0.05, 0.1) is 12.4 Å². The molecule has 0 saturated carbocycles. The second-order valence-electron chi connectivity index (χ2n) is 3.37. The second kappa shape index (κ2) is 5.29. The zero-order chi connectivity index (χ0) is 11.3. The van der Waals surface area contributed by atoms with E-state index in [9.17, 15) is 9.59 Å². The summed E-state index contributed by atoms with van der Waals surface area (Å²) in [6, 6.07) is -0.460. The van der Waals surface area contributed by atoms with E-state index in [1.807, 2.05) is 0 Å². The van der Waals surface area contributed by atoms with E-state index in [2.05, 4.69) is 15.3 Å². The molecule has 1 aromatic rings. The molecule has 15 heavy (non-hydrogen) atoms. The first-order chi connectivity index (χ1) is 7.13. The van der Waals surface area contributed by atoms with Gasteiger partial charge in [0.15, 0.2) is 5.78 Å². The lowest BCUT2D eigenvalue weighted by Gasteiger charge is -2.14. The van der Waals surface area contributed by atoms with Crippen molar-refractivity contribution in [2.45, 2.75) is 32.7 Å². The lowest BCUT2D eigenvalue weighted by molar-refractivity contribution is -0.126. The van der Waals surface area contributed by atoms with Crippen molar-refractivity contribution in [2.75, 3.05) is 0 Å². The summed E-state index contributed by atoms with van der Waals surface area (Å²) in [6.07, 6.45) is 4.04. The highest BCUT2D eigenvalue weighted by Crippen LogP contribution is 2.00. The molecule has 0 bridgehead atoms. The Bertz CT molecular complexity index is 332. The van der Waals surface area contributed by atoms with Gasteiger partial charge in [-0.1, -0.05) is 6.92 Å². The van der Waals surface area contributed by atoms with E-state index >= 15 is 0 Å². The molecular weight excluding hydrogens is 194 g/mol. The fourth-order valence-electron chi connectivity index (χ4n) is 1.21. The minimum atomic E-state index is -0.460. The first-order valence-corrected chi connectivity index (χ1v) is 4.90. The van der Waals surface area contributed by atoms with Gasteiger partial charge >= 0.3 is 0 Å². The third-order valence-electron chi connectivity index (χ3n) is 2.13. The van der Waals surface area contributed by atoms with Crippen LogP contribution in [0.5, 0.6) is 0 Å². The van der Waals surface area contributed by atoms with E-state index in [1.165, 1.54) is 6.92 Å². The van der Waals surface area contributed by atoms with Crippen molar-refractivity contribution in [1.82, 2.24) is 15.3 Å². The highest BCUT2D eigenvalue weighted by atomic mass is 16.2. The molecule has 5 nitrogen and oxygen atoms in total. The molecule has 0 aliphatic carbocycles. The highest BCUT2D eigenvalue weighted by Gasteiger charge is 2.17. The summed E-state index contributed by atoms with van der Waals surface area (Å²) >= 11 is 0. The molecule has 0 fully saturated rings. The quantitative estimate of drug-likeness (QED) is 0.738. The summed E-state index contributed by atoms with van der Waals surface area (Å²) in [6.45, 7) is 3.22. The lowest BCUT2D eigenvalue weighted by Crippen LogP contribution is -2.41. The van der Waals surface area contributed by atoms with Gasteiger partial charge in [-0.15, -0.1) is 0 Å². The first kappa shape index (κ1) is 11.4. The number of aromatic nitrogens is 2. The summed E-state index contributed by atoms with van der Waals surface area (Å²) in [7, 11) is 0. The SMILES string of the molecule is CCC(=O)NC(Cc1cnc[nH]1)C(C)=O. The minimum Gasteiger partial charge on any atom is -0.348 e. The Labute approximate surface area is 88.3 Å². The molecule has 0 radical (unpaired) electrons. The van der Waals surface area contributed by atoms with Gasteiger partial charge in [-0.25, -0.2) is 4.98 Å². The van der Waals surface area contributed by atoms with Gasteiger partial charge in [0, 0.05) is 24.7 Å². The zero-order valence-corrected chi connectivity index (χ0v) is 8.91. The summed E-state index contributed by atoms with van der Waals surface area (Å²) in [5, 5.41) is 2.67. The van der Waals surface area contributed by atoms with Crippen LogP contribution in [-0.2, 0) is 16.0 Å². The molecule has 1 heterocycles. The molecule has 1 atom stereocenters. The number of H-pyrrole nitrogens is 1. The maximum atomic E-state index is 11.3. The Kier molecular flexibility index (Phi) is 4.03. The molecule has 2 N–H and O–H groups in total. The van der Waals surface area contributed by atoms with E-state index in [0.29, 0.717) is 12.8 Å². The van der Waals surface area contributed by atoms with Gasteiger partial charge in [-0.2, -0.15) is 0 Å². The molecule has 1 rings (SSSR count). The Morgan fingerprint density at radius 1 is 1.60 bits per heavy atom. The number of hydrogen-bond donors (Lipinski definition) is 2. The number of rotatable bonds is 5. The van der Waals surface area contributed by atoms with E-state index in [4.69, 9.17) is 0 Å². The fraction of sp³-hybridized carbons (Fsp3) is 0.500. The Balaban J connectivity index is 2.59. The van der Waals surface area contributed by atoms with Gasteiger partial charge in [-0.3, -0.25) is 9.59 Å². The minimum absolute atomic E-state index is 0.0496. The van der Waals surface area contributed by atoms with Crippen molar-refractivity contribution in [1.29, 1.82) is 0 Å². The number of aromatic amines is 1. The molecule has 1 aromatic heterocycles. The highest BCUT2D eigenvalue weighted by molar-refractivity contribution is 5.87. The molecule has 0 aliphatic rings. The van der Waals surface area contributed by atoms with Crippen molar-refractivity contribution >= 4 is 11.7 Å². The molecule has 1 unspecified atom stereocenters. The third kappa shape index (κ3) is 3.53. The number of nitrogens with zero attached hydrogens (tertiary/aromatic N) is 1. The van der Waals surface area contributed by atoms with Crippen molar-refractivity contribution in [3.63, 3.8) is 0 Å². The molecule has 0 saturated heterocycles. The number of carbonyl (C=O) groups is 2. The van der Waals surface area contributed by atoms with Gasteiger partial charge in [-0.05, 0) is 6.92 Å². The number of ketones is 1. The zero-order valence-electron chi connectivity index (χ0n) is 8.91. The van der Waals surface area contributed by atoms with Crippen molar-refractivity contribution in [3.8, 4) is 0 Å². The Morgan fingerprint density at radius 3 is 2.80 bits per heavy atom. The van der Waals surface area contributed by atoms with E-state index in [-0.39, 0.29) is 11.7 Å². The van der Waals surface area contributed by atoms with E-state index in [1.54, 1.807) is 19.4 Å². The fourth-order valence-corrected chi connectivity index (χ4v) is 1.21. The maximum absolute atomic E-state index is 11.3. The molecule has 0 aliphatic heterocycles. The first-order valence-electron chi connectivity index (χ1n) is 4.90. The molecule has 0 spiro atoms. The number of imidazole rings is 1. The molecule has 82 valence electrons. The third-order valence-corrected chi connectivity index (χ3v) is 2.13. The van der Waals surface area contributed by atoms with E-state index < -0.39 is 6.04 Å². The van der Waals surface area contributed by atoms with Crippen molar-refractivity contribution < 1.29 is 9.59 Å². The standard InChI is InChI=1S/C10H15N3O2/c1-3-10(15)13-9(7(2)14)4-8-5-11-6-12-8/h5-6,9H,3-4H2,1-2H3,(H,11,12)(H,13,15). The number of Topliss-reactive ketones (excluding diaryl/α,β-unsaturated/α-hetero) is 1. The predicted octanol–water partition coefficient (Wildman–Crippen LogP) is 0.436. The van der Waals surface area contributed by atoms with Crippen LogP contribution in [0.25, 0.3) is 0 Å². The summed E-state index contributed by atoms with van der Waals surface area (Å²) in [5.74, 6) is -0.166. The van der Waals surface area contributed by atoms with Gasteiger partial charge in [0.2, 0.25) is 5.91 Å². The van der Waals surface area contributed by atoms with Crippen LogP contribution in [0.15, 0.2) is 12.5 Å². The molecule has 0 aromatic carbocycles. The van der Waals surface area contributed by atoms with Crippen LogP contribution in [0, 0.1) is 0 Å². The average Bonchev–Trinajstić information content (AvgIpc) is 2.69.